The molecule has 3 aromatic rings. The van der Waals surface area contributed by atoms with Gasteiger partial charge in [0.1, 0.15) is 17.4 Å². The van der Waals surface area contributed by atoms with Crippen molar-refractivity contribution in [1.82, 2.24) is 5.32 Å². The fourth-order valence-corrected chi connectivity index (χ4v) is 3.80. The molecule has 3 aromatic carbocycles. The second-order valence-corrected chi connectivity index (χ2v) is 8.19. The Morgan fingerprint density at radius 3 is 2.29 bits per heavy atom. The smallest absolute Gasteiger partial charge is 0.261 e. The lowest BCUT2D eigenvalue weighted by Crippen LogP contribution is -2.23. The minimum Gasteiger partial charge on any atom is -0.494 e. The molecule has 162 valence electrons. The molecule has 0 radical (unpaired) electrons. The predicted octanol–water partition coefficient (Wildman–Crippen LogP) is 4.09. The molecule has 1 amide bonds. The molecular formula is C22H20F2N2O4S. The number of benzene rings is 3. The molecule has 2 N–H and O–H groups in total. The highest BCUT2D eigenvalue weighted by molar-refractivity contribution is 7.92. The summed E-state index contributed by atoms with van der Waals surface area (Å²) in [6, 6.07) is 14.7. The Morgan fingerprint density at radius 1 is 0.968 bits per heavy atom. The first kappa shape index (κ1) is 22.2. The van der Waals surface area contributed by atoms with Crippen LogP contribution in [0.2, 0.25) is 0 Å². The molecule has 0 heterocycles. The van der Waals surface area contributed by atoms with E-state index >= 15 is 0 Å². The van der Waals surface area contributed by atoms with Crippen molar-refractivity contribution in [2.45, 2.75) is 18.4 Å². The summed E-state index contributed by atoms with van der Waals surface area (Å²) >= 11 is 0. The standard InChI is InChI=1S/C22H20F2N2O4S/c1-2-30-19-8-6-18(7-9-19)26-31(28,29)20-10-3-15(4-11-20)22(27)25-14-16-13-17(23)5-12-21(16)24/h3-13,26H,2,14H2,1H3,(H,25,27). The fourth-order valence-electron chi connectivity index (χ4n) is 2.74. The summed E-state index contributed by atoms with van der Waals surface area (Å²) in [4.78, 5) is 12.2. The molecule has 0 spiro atoms. The molecule has 0 fully saturated rings. The lowest BCUT2D eigenvalue weighted by Gasteiger charge is -2.10. The number of sulfonamides is 1. The van der Waals surface area contributed by atoms with Crippen LogP contribution in [0.15, 0.2) is 71.6 Å². The van der Waals surface area contributed by atoms with Gasteiger partial charge in [-0.2, -0.15) is 0 Å². The first-order chi connectivity index (χ1) is 14.8. The molecule has 31 heavy (non-hydrogen) atoms. The number of anilines is 1. The second-order valence-electron chi connectivity index (χ2n) is 6.51. The molecular weight excluding hydrogens is 426 g/mol. The van der Waals surface area contributed by atoms with Crippen LogP contribution in [-0.4, -0.2) is 20.9 Å². The molecule has 0 bridgehead atoms. The van der Waals surface area contributed by atoms with E-state index in [0.717, 1.165) is 18.2 Å². The molecule has 0 aliphatic carbocycles. The Morgan fingerprint density at radius 2 is 1.65 bits per heavy atom. The van der Waals surface area contributed by atoms with Gasteiger partial charge in [0, 0.05) is 23.4 Å². The lowest BCUT2D eigenvalue weighted by atomic mass is 10.2. The molecule has 0 atom stereocenters. The fraction of sp³-hybridized carbons (Fsp3) is 0.136. The first-order valence-corrected chi connectivity index (χ1v) is 10.8. The molecule has 3 rings (SSSR count). The number of carbonyl (C=O) groups is 1. The molecule has 0 aliphatic rings. The largest absolute Gasteiger partial charge is 0.494 e. The van der Waals surface area contributed by atoms with E-state index in [1.54, 1.807) is 24.3 Å². The van der Waals surface area contributed by atoms with Gasteiger partial charge >= 0.3 is 0 Å². The number of rotatable bonds is 8. The van der Waals surface area contributed by atoms with Gasteiger partial charge in [-0.3, -0.25) is 9.52 Å². The van der Waals surface area contributed by atoms with Crippen LogP contribution >= 0.6 is 0 Å². The summed E-state index contributed by atoms with van der Waals surface area (Å²) in [5.41, 5.74) is 0.548. The Bertz CT molecular complexity index is 1170. The second kappa shape index (κ2) is 9.57. The van der Waals surface area contributed by atoms with Crippen molar-refractivity contribution in [2.75, 3.05) is 11.3 Å². The third-order valence-electron chi connectivity index (χ3n) is 4.29. The molecule has 9 heteroatoms. The van der Waals surface area contributed by atoms with Crippen LogP contribution in [0.1, 0.15) is 22.8 Å². The van der Waals surface area contributed by atoms with Gasteiger partial charge < -0.3 is 10.1 Å². The van der Waals surface area contributed by atoms with Crippen molar-refractivity contribution in [2.24, 2.45) is 0 Å². The van der Waals surface area contributed by atoms with Crippen molar-refractivity contribution >= 4 is 21.6 Å². The third-order valence-corrected chi connectivity index (χ3v) is 5.69. The lowest BCUT2D eigenvalue weighted by molar-refractivity contribution is 0.0950. The quantitative estimate of drug-likeness (QED) is 0.546. The number of nitrogens with one attached hydrogen (secondary N) is 2. The van der Waals surface area contributed by atoms with E-state index < -0.39 is 27.6 Å². The van der Waals surface area contributed by atoms with Gasteiger partial charge in [-0.15, -0.1) is 0 Å². The minimum absolute atomic E-state index is 0.00658. The highest BCUT2D eigenvalue weighted by atomic mass is 32.2. The first-order valence-electron chi connectivity index (χ1n) is 9.36. The van der Waals surface area contributed by atoms with E-state index in [4.69, 9.17) is 4.74 Å². The van der Waals surface area contributed by atoms with Crippen LogP contribution < -0.4 is 14.8 Å². The van der Waals surface area contributed by atoms with Gasteiger partial charge in [-0.25, -0.2) is 17.2 Å². The minimum atomic E-state index is -3.86. The maximum atomic E-state index is 13.6. The number of hydrogen-bond donors (Lipinski definition) is 2. The van der Waals surface area contributed by atoms with Crippen molar-refractivity contribution in [3.8, 4) is 5.75 Å². The van der Waals surface area contributed by atoms with Crippen LogP contribution in [0.3, 0.4) is 0 Å². The van der Waals surface area contributed by atoms with Crippen molar-refractivity contribution in [3.05, 3.63) is 89.5 Å². The molecule has 0 aliphatic heterocycles. The zero-order valence-electron chi connectivity index (χ0n) is 16.6. The van der Waals surface area contributed by atoms with Gasteiger partial charge in [0.05, 0.1) is 11.5 Å². The summed E-state index contributed by atoms with van der Waals surface area (Å²) < 4.78 is 59.7. The summed E-state index contributed by atoms with van der Waals surface area (Å²) in [5, 5.41) is 2.47. The maximum absolute atomic E-state index is 13.6. The summed E-state index contributed by atoms with van der Waals surface area (Å²) in [5.74, 6) is -1.17. The normalized spacial score (nSPS) is 11.1. The summed E-state index contributed by atoms with van der Waals surface area (Å²) in [6.07, 6.45) is 0. The van der Waals surface area contributed by atoms with Crippen LogP contribution in [0.5, 0.6) is 5.75 Å². The summed E-state index contributed by atoms with van der Waals surface area (Å²) in [7, 11) is -3.86. The SMILES string of the molecule is CCOc1ccc(NS(=O)(=O)c2ccc(C(=O)NCc3cc(F)ccc3F)cc2)cc1. The number of halogens is 2. The van der Waals surface area contributed by atoms with Crippen molar-refractivity contribution < 1.29 is 26.7 Å². The number of hydrogen-bond acceptors (Lipinski definition) is 4. The van der Waals surface area contributed by atoms with E-state index in [-0.39, 0.29) is 22.6 Å². The Kier molecular flexibility index (Phi) is 6.86. The Hall–Kier alpha value is -3.46. The molecule has 0 saturated carbocycles. The zero-order valence-corrected chi connectivity index (χ0v) is 17.4. The van der Waals surface area contributed by atoms with Gasteiger partial charge in [0.25, 0.3) is 15.9 Å². The van der Waals surface area contributed by atoms with E-state index in [0.29, 0.717) is 18.0 Å². The monoisotopic (exact) mass is 446 g/mol. The highest BCUT2D eigenvalue weighted by Gasteiger charge is 2.16. The van der Waals surface area contributed by atoms with Gasteiger partial charge in [0.2, 0.25) is 0 Å². The number of ether oxygens (including phenoxy) is 1. The molecule has 0 aromatic heterocycles. The van der Waals surface area contributed by atoms with Crippen molar-refractivity contribution in [1.29, 1.82) is 0 Å². The average Bonchev–Trinajstić information content (AvgIpc) is 2.75. The van der Waals surface area contributed by atoms with Gasteiger partial charge in [0.15, 0.2) is 0 Å². The van der Waals surface area contributed by atoms with Gasteiger partial charge in [-0.1, -0.05) is 0 Å². The Labute approximate surface area is 178 Å². The molecule has 0 unspecified atom stereocenters. The van der Waals surface area contributed by atoms with E-state index in [9.17, 15) is 22.0 Å². The number of carbonyl (C=O) groups excluding carboxylic acids is 1. The van der Waals surface area contributed by atoms with Crippen LogP contribution in [0.25, 0.3) is 0 Å². The van der Waals surface area contributed by atoms with Crippen molar-refractivity contribution in [3.63, 3.8) is 0 Å². The highest BCUT2D eigenvalue weighted by Crippen LogP contribution is 2.20. The average molecular weight is 446 g/mol. The number of amides is 1. The van der Waals surface area contributed by atoms with E-state index in [2.05, 4.69) is 10.0 Å². The van der Waals surface area contributed by atoms with E-state index in [1.807, 2.05) is 6.92 Å². The van der Waals surface area contributed by atoms with Crippen LogP contribution in [0, 0.1) is 11.6 Å². The van der Waals surface area contributed by atoms with Crippen LogP contribution in [0.4, 0.5) is 14.5 Å². The van der Waals surface area contributed by atoms with E-state index in [1.165, 1.54) is 24.3 Å². The predicted molar refractivity (Wildman–Crippen MR) is 112 cm³/mol. The Balaban J connectivity index is 1.65. The molecule has 0 saturated heterocycles. The summed E-state index contributed by atoms with van der Waals surface area (Å²) in [6.45, 7) is 2.14. The zero-order chi connectivity index (χ0) is 22.4. The third kappa shape index (κ3) is 5.79. The molecule has 6 nitrogen and oxygen atoms in total. The van der Waals surface area contributed by atoms with Crippen LogP contribution in [-0.2, 0) is 16.6 Å². The maximum Gasteiger partial charge on any atom is 0.261 e. The van der Waals surface area contributed by atoms with Gasteiger partial charge in [-0.05, 0) is 73.7 Å². The topological polar surface area (TPSA) is 84.5 Å².